The van der Waals surface area contributed by atoms with Crippen molar-refractivity contribution in [2.45, 2.75) is 19.3 Å². The van der Waals surface area contributed by atoms with Crippen LogP contribution in [-0.2, 0) is 4.79 Å². The first-order valence-electron chi connectivity index (χ1n) is 6.88. The second-order valence-electron chi connectivity index (χ2n) is 5.48. The van der Waals surface area contributed by atoms with Crippen LogP contribution in [-0.4, -0.2) is 41.5 Å². The molecule has 0 saturated carbocycles. The molecule has 2 aliphatic heterocycles. The van der Waals surface area contributed by atoms with Crippen LogP contribution in [0.25, 0.3) is 0 Å². The molecule has 1 spiro atoms. The van der Waals surface area contributed by atoms with E-state index in [-0.39, 0.29) is 5.41 Å². The Morgan fingerprint density at radius 3 is 2.68 bits per heavy atom. The minimum atomic E-state index is 0.253. The van der Waals surface area contributed by atoms with Crippen molar-refractivity contribution in [3.8, 4) is 0 Å². The number of nitrogens with zero attached hydrogens (tertiary/aromatic N) is 2. The molecule has 1 fully saturated rings. The SMILES string of the molecule is CSN1CC2(CCN(C=O)CC2)C2=C1C=CCC=C2. The predicted octanol–water partition coefficient (Wildman–Crippen LogP) is 2.59. The highest BCUT2D eigenvalue weighted by atomic mass is 32.2. The number of hydrogen-bond donors (Lipinski definition) is 0. The summed E-state index contributed by atoms with van der Waals surface area (Å²) in [6.45, 7) is 2.86. The van der Waals surface area contributed by atoms with Crippen LogP contribution in [0.5, 0.6) is 0 Å². The molecule has 1 saturated heterocycles. The molecule has 102 valence electrons. The summed E-state index contributed by atoms with van der Waals surface area (Å²) in [6, 6.07) is 0. The molecule has 0 unspecified atom stereocenters. The zero-order valence-electron chi connectivity index (χ0n) is 11.3. The van der Waals surface area contributed by atoms with Crippen molar-refractivity contribution in [1.82, 2.24) is 9.21 Å². The third-order valence-electron chi connectivity index (χ3n) is 4.52. The van der Waals surface area contributed by atoms with Crippen molar-refractivity contribution in [3.63, 3.8) is 0 Å². The Balaban J connectivity index is 1.93. The molecule has 3 aliphatic rings. The van der Waals surface area contributed by atoms with Gasteiger partial charge in [0.2, 0.25) is 6.41 Å². The Morgan fingerprint density at radius 2 is 2.00 bits per heavy atom. The molecular weight excluding hydrogens is 256 g/mol. The Morgan fingerprint density at radius 1 is 1.26 bits per heavy atom. The fraction of sp³-hybridized carbons (Fsp3) is 0.533. The van der Waals surface area contributed by atoms with E-state index in [4.69, 9.17) is 0 Å². The molecule has 0 radical (unpaired) electrons. The molecule has 2 heterocycles. The van der Waals surface area contributed by atoms with Crippen molar-refractivity contribution < 1.29 is 4.79 Å². The first kappa shape index (κ1) is 12.9. The van der Waals surface area contributed by atoms with Crippen LogP contribution in [0.1, 0.15) is 19.3 Å². The lowest BCUT2D eigenvalue weighted by Crippen LogP contribution is -2.41. The third kappa shape index (κ3) is 2.12. The summed E-state index contributed by atoms with van der Waals surface area (Å²) < 4.78 is 2.41. The predicted molar refractivity (Wildman–Crippen MR) is 79.4 cm³/mol. The first-order valence-corrected chi connectivity index (χ1v) is 8.06. The van der Waals surface area contributed by atoms with E-state index < -0.39 is 0 Å². The van der Waals surface area contributed by atoms with E-state index in [9.17, 15) is 4.79 Å². The van der Waals surface area contributed by atoms with Crippen LogP contribution in [0.15, 0.2) is 35.6 Å². The molecule has 1 amide bonds. The van der Waals surface area contributed by atoms with Crippen LogP contribution >= 0.6 is 11.9 Å². The summed E-state index contributed by atoms with van der Waals surface area (Å²) in [6.07, 6.45) is 15.4. The average molecular weight is 276 g/mol. The van der Waals surface area contributed by atoms with Crippen molar-refractivity contribution in [1.29, 1.82) is 0 Å². The highest BCUT2D eigenvalue weighted by Gasteiger charge is 2.44. The Bertz CT molecular complexity index is 459. The largest absolute Gasteiger partial charge is 0.345 e. The summed E-state index contributed by atoms with van der Waals surface area (Å²) in [4.78, 5) is 12.8. The molecule has 3 nitrogen and oxygen atoms in total. The van der Waals surface area contributed by atoms with E-state index in [1.54, 1.807) is 0 Å². The topological polar surface area (TPSA) is 23.6 Å². The quantitative estimate of drug-likeness (QED) is 0.572. The fourth-order valence-electron chi connectivity index (χ4n) is 3.38. The summed E-state index contributed by atoms with van der Waals surface area (Å²) in [5.74, 6) is 0. The molecule has 3 rings (SSSR count). The lowest BCUT2D eigenvalue weighted by Gasteiger charge is -2.39. The van der Waals surface area contributed by atoms with Crippen LogP contribution in [0.2, 0.25) is 0 Å². The maximum Gasteiger partial charge on any atom is 0.209 e. The van der Waals surface area contributed by atoms with E-state index in [1.165, 1.54) is 11.3 Å². The first-order chi connectivity index (χ1) is 9.29. The van der Waals surface area contributed by atoms with Gasteiger partial charge in [-0.3, -0.25) is 4.79 Å². The van der Waals surface area contributed by atoms with Gasteiger partial charge in [-0.2, -0.15) is 0 Å². The number of rotatable bonds is 2. The number of carbonyl (C=O) groups excluding carboxylic acids is 1. The van der Waals surface area contributed by atoms with Gasteiger partial charge in [-0.05, 0) is 30.9 Å². The molecule has 0 atom stereocenters. The van der Waals surface area contributed by atoms with Gasteiger partial charge < -0.3 is 9.21 Å². The van der Waals surface area contributed by atoms with E-state index in [1.807, 2.05) is 16.8 Å². The molecule has 4 heteroatoms. The van der Waals surface area contributed by atoms with Crippen molar-refractivity contribution in [2.75, 3.05) is 25.9 Å². The molecule has 1 aliphatic carbocycles. The van der Waals surface area contributed by atoms with E-state index >= 15 is 0 Å². The number of likely N-dealkylation sites (tertiary alicyclic amines) is 1. The number of carbonyl (C=O) groups is 1. The molecule has 0 bridgehead atoms. The Kier molecular flexibility index (Phi) is 3.44. The molecular formula is C15H20N2OS. The highest BCUT2D eigenvalue weighted by Crippen LogP contribution is 2.49. The minimum Gasteiger partial charge on any atom is -0.345 e. The second-order valence-corrected chi connectivity index (χ2v) is 6.29. The second kappa shape index (κ2) is 5.08. The van der Waals surface area contributed by atoms with E-state index in [0.717, 1.165) is 45.3 Å². The minimum absolute atomic E-state index is 0.253. The lowest BCUT2D eigenvalue weighted by molar-refractivity contribution is -0.119. The number of hydrogen-bond acceptors (Lipinski definition) is 3. The van der Waals surface area contributed by atoms with Crippen LogP contribution in [0.3, 0.4) is 0 Å². The van der Waals surface area contributed by atoms with Crippen LogP contribution in [0, 0.1) is 5.41 Å². The highest BCUT2D eigenvalue weighted by molar-refractivity contribution is 7.96. The van der Waals surface area contributed by atoms with Gasteiger partial charge in [-0.1, -0.05) is 30.2 Å². The fourth-order valence-corrected chi connectivity index (χ4v) is 4.11. The van der Waals surface area contributed by atoms with Gasteiger partial charge in [0.05, 0.1) is 5.70 Å². The summed E-state index contributed by atoms with van der Waals surface area (Å²) in [7, 11) is 0. The number of piperidine rings is 1. The van der Waals surface area contributed by atoms with Gasteiger partial charge in [0, 0.05) is 31.3 Å². The monoisotopic (exact) mass is 276 g/mol. The molecule has 0 aromatic rings. The van der Waals surface area contributed by atoms with Gasteiger partial charge in [-0.15, -0.1) is 0 Å². The van der Waals surface area contributed by atoms with Gasteiger partial charge in [0.1, 0.15) is 0 Å². The van der Waals surface area contributed by atoms with E-state index in [2.05, 4.69) is 34.9 Å². The normalized spacial score (nSPS) is 24.9. The summed E-state index contributed by atoms with van der Waals surface area (Å²) in [5, 5.41) is 0. The molecule has 0 N–H and O–H groups in total. The maximum absolute atomic E-state index is 10.9. The van der Waals surface area contributed by atoms with Crippen molar-refractivity contribution in [2.24, 2.45) is 5.41 Å². The molecule has 19 heavy (non-hydrogen) atoms. The molecule has 0 aromatic heterocycles. The van der Waals surface area contributed by atoms with Crippen LogP contribution in [0.4, 0.5) is 0 Å². The van der Waals surface area contributed by atoms with Gasteiger partial charge in [0.15, 0.2) is 0 Å². The van der Waals surface area contributed by atoms with Gasteiger partial charge in [-0.25, -0.2) is 0 Å². The van der Waals surface area contributed by atoms with E-state index in [0.29, 0.717) is 0 Å². The molecule has 0 aromatic carbocycles. The number of fused-ring (bicyclic) bond motifs is 1. The maximum atomic E-state index is 10.9. The van der Waals surface area contributed by atoms with Crippen molar-refractivity contribution >= 4 is 18.4 Å². The summed E-state index contributed by atoms with van der Waals surface area (Å²) >= 11 is 1.81. The number of allylic oxidation sites excluding steroid dienone is 4. The Hall–Kier alpha value is -1.16. The van der Waals surface area contributed by atoms with Crippen molar-refractivity contribution in [3.05, 3.63) is 35.6 Å². The van der Waals surface area contributed by atoms with Gasteiger partial charge >= 0.3 is 0 Å². The lowest BCUT2D eigenvalue weighted by atomic mass is 9.73. The third-order valence-corrected chi connectivity index (χ3v) is 5.29. The Labute approximate surface area is 119 Å². The summed E-state index contributed by atoms with van der Waals surface area (Å²) in [5.41, 5.74) is 3.12. The standard InChI is InChI=1S/C15H20N2OS/c1-19-17-11-15(7-9-16(12-18)10-8-15)13-5-3-2-4-6-14(13)17/h3-6,12H,2,7-11H2,1H3. The smallest absolute Gasteiger partial charge is 0.209 e. The van der Waals surface area contributed by atoms with Gasteiger partial charge in [0.25, 0.3) is 0 Å². The number of amides is 1. The zero-order chi connectivity index (χ0) is 13.3. The average Bonchev–Trinajstić information content (AvgIpc) is 2.62. The van der Waals surface area contributed by atoms with Crippen LogP contribution < -0.4 is 0 Å². The zero-order valence-corrected chi connectivity index (χ0v) is 12.2.